The normalized spacial score (nSPS) is 21.7. The van der Waals surface area contributed by atoms with Gasteiger partial charge in [0.25, 0.3) is 5.91 Å². The first kappa shape index (κ1) is 18.8. The highest BCUT2D eigenvalue weighted by molar-refractivity contribution is 7.91. The molecule has 2 N–H and O–H groups in total. The number of carbonyl (C=O) groups is 1. The standard InChI is InChI=1S/C15H22N2O3S.ClH/c1-17(15(18)11-6-5-7-12(16)10-11)13-8-3-4-9-14(13)21(2,19)20;/h5-7,10,13-14H,3-4,8-9,16H2,1-2H3;1H. The molecule has 5 nitrogen and oxygen atoms in total. The summed E-state index contributed by atoms with van der Waals surface area (Å²) < 4.78 is 23.9. The molecule has 0 saturated heterocycles. The average molecular weight is 347 g/mol. The molecule has 1 aliphatic rings. The minimum absolute atomic E-state index is 0. The zero-order valence-electron chi connectivity index (χ0n) is 12.9. The lowest BCUT2D eigenvalue weighted by Crippen LogP contribution is -2.49. The Kier molecular flexibility index (Phi) is 6.26. The second kappa shape index (κ2) is 7.33. The van der Waals surface area contributed by atoms with Crippen LogP contribution in [0.3, 0.4) is 0 Å². The van der Waals surface area contributed by atoms with Gasteiger partial charge in [-0.05, 0) is 31.0 Å². The maximum absolute atomic E-state index is 12.5. The van der Waals surface area contributed by atoms with Crippen molar-refractivity contribution in [2.45, 2.75) is 37.0 Å². The van der Waals surface area contributed by atoms with E-state index in [2.05, 4.69) is 0 Å². The highest BCUT2D eigenvalue weighted by Crippen LogP contribution is 2.28. The molecule has 1 aromatic carbocycles. The molecule has 0 heterocycles. The van der Waals surface area contributed by atoms with Crippen LogP contribution in [-0.4, -0.2) is 43.8 Å². The Labute approximate surface area is 138 Å². The Balaban J connectivity index is 0.00000242. The van der Waals surface area contributed by atoms with Crippen LogP contribution in [-0.2, 0) is 9.84 Å². The van der Waals surface area contributed by atoms with E-state index in [-0.39, 0.29) is 24.4 Å². The van der Waals surface area contributed by atoms with Gasteiger partial charge in [-0.25, -0.2) is 8.42 Å². The number of nitrogen functional groups attached to an aromatic ring is 1. The summed E-state index contributed by atoms with van der Waals surface area (Å²) in [6.07, 6.45) is 4.45. The topological polar surface area (TPSA) is 80.5 Å². The van der Waals surface area contributed by atoms with Crippen molar-refractivity contribution in [3.63, 3.8) is 0 Å². The average Bonchev–Trinajstić information content (AvgIpc) is 2.45. The van der Waals surface area contributed by atoms with Gasteiger partial charge in [0.2, 0.25) is 0 Å². The third-order valence-corrected chi connectivity index (χ3v) is 5.82. The molecule has 0 spiro atoms. The first-order valence-corrected chi connectivity index (χ1v) is 9.07. The number of nitrogens with zero attached hydrogens (tertiary/aromatic N) is 1. The van der Waals surface area contributed by atoms with E-state index in [0.29, 0.717) is 17.7 Å². The lowest BCUT2D eigenvalue weighted by Gasteiger charge is -2.37. The number of hydrogen-bond donors (Lipinski definition) is 1. The lowest BCUT2D eigenvalue weighted by molar-refractivity contribution is 0.0700. The summed E-state index contributed by atoms with van der Waals surface area (Å²) in [4.78, 5) is 14.1. The summed E-state index contributed by atoms with van der Waals surface area (Å²) in [7, 11) is -1.48. The van der Waals surface area contributed by atoms with E-state index in [1.54, 1.807) is 36.2 Å². The van der Waals surface area contributed by atoms with Gasteiger partial charge in [-0.3, -0.25) is 4.79 Å². The number of halogens is 1. The second-order valence-corrected chi connectivity index (χ2v) is 8.03. The van der Waals surface area contributed by atoms with Crippen LogP contribution in [0.5, 0.6) is 0 Å². The van der Waals surface area contributed by atoms with Gasteiger partial charge in [0.1, 0.15) is 0 Å². The number of nitrogens with two attached hydrogens (primary N) is 1. The highest BCUT2D eigenvalue weighted by Gasteiger charge is 2.37. The molecule has 0 aromatic heterocycles. The van der Waals surface area contributed by atoms with Gasteiger partial charge in [0, 0.05) is 30.6 Å². The first-order chi connectivity index (χ1) is 9.80. The van der Waals surface area contributed by atoms with Crippen molar-refractivity contribution in [2.75, 3.05) is 19.0 Å². The predicted octanol–water partition coefficient (Wildman–Crippen LogP) is 2.12. The fourth-order valence-electron chi connectivity index (χ4n) is 3.05. The first-order valence-electron chi connectivity index (χ1n) is 7.12. The molecule has 1 amide bonds. The Hall–Kier alpha value is -1.27. The molecule has 2 atom stereocenters. The van der Waals surface area contributed by atoms with Crippen LogP contribution >= 0.6 is 12.4 Å². The SMILES string of the molecule is CN(C(=O)c1cccc(N)c1)C1CCCCC1S(C)(=O)=O.Cl. The van der Waals surface area contributed by atoms with E-state index >= 15 is 0 Å². The molecule has 7 heteroatoms. The van der Waals surface area contributed by atoms with Crippen molar-refractivity contribution in [1.82, 2.24) is 4.90 Å². The molecular weight excluding hydrogens is 324 g/mol. The molecule has 1 saturated carbocycles. The maximum Gasteiger partial charge on any atom is 0.253 e. The van der Waals surface area contributed by atoms with Gasteiger partial charge in [0.15, 0.2) is 9.84 Å². The molecule has 2 rings (SSSR count). The number of rotatable bonds is 3. The van der Waals surface area contributed by atoms with E-state index in [9.17, 15) is 13.2 Å². The summed E-state index contributed by atoms with van der Waals surface area (Å²) >= 11 is 0. The Morgan fingerprint density at radius 1 is 1.27 bits per heavy atom. The van der Waals surface area contributed by atoms with Crippen LogP contribution in [0.25, 0.3) is 0 Å². The molecule has 22 heavy (non-hydrogen) atoms. The second-order valence-electron chi connectivity index (χ2n) is 5.76. The number of carbonyl (C=O) groups excluding carboxylic acids is 1. The number of benzene rings is 1. The molecule has 1 aromatic rings. The minimum atomic E-state index is -3.16. The molecule has 0 radical (unpaired) electrons. The summed E-state index contributed by atoms with van der Waals surface area (Å²) in [5.41, 5.74) is 6.73. The van der Waals surface area contributed by atoms with Gasteiger partial charge < -0.3 is 10.6 Å². The number of sulfone groups is 1. The fourth-order valence-corrected chi connectivity index (χ4v) is 4.53. The third kappa shape index (κ3) is 4.14. The quantitative estimate of drug-likeness (QED) is 0.850. The monoisotopic (exact) mass is 346 g/mol. The fraction of sp³-hybridized carbons (Fsp3) is 0.533. The van der Waals surface area contributed by atoms with Crippen LogP contribution in [0.1, 0.15) is 36.0 Å². The third-order valence-electron chi connectivity index (χ3n) is 4.17. The molecular formula is C15H23ClN2O3S. The van der Waals surface area contributed by atoms with Gasteiger partial charge in [-0.1, -0.05) is 18.9 Å². The van der Waals surface area contributed by atoms with Crippen molar-refractivity contribution in [3.8, 4) is 0 Å². The van der Waals surface area contributed by atoms with Crippen LogP contribution < -0.4 is 5.73 Å². The van der Waals surface area contributed by atoms with E-state index in [1.807, 2.05) is 0 Å². The Bertz CT molecular complexity index is 633. The number of hydrogen-bond acceptors (Lipinski definition) is 4. The van der Waals surface area contributed by atoms with Crippen molar-refractivity contribution >= 4 is 33.8 Å². The molecule has 2 unspecified atom stereocenters. The van der Waals surface area contributed by atoms with Crippen molar-refractivity contribution in [3.05, 3.63) is 29.8 Å². The van der Waals surface area contributed by atoms with Gasteiger partial charge >= 0.3 is 0 Å². The molecule has 1 fully saturated rings. The van der Waals surface area contributed by atoms with Crippen LogP contribution in [0.15, 0.2) is 24.3 Å². The number of anilines is 1. The summed E-state index contributed by atoms with van der Waals surface area (Å²) in [6, 6.07) is 6.51. The lowest BCUT2D eigenvalue weighted by atomic mass is 9.93. The summed E-state index contributed by atoms with van der Waals surface area (Å²) in [5.74, 6) is -0.178. The molecule has 124 valence electrons. The summed E-state index contributed by atoms with van der Waals surface area (Å²) in [6.45, 7) is 0. The van der Waals surface area contributed by atoms with Crippen LogP contribution in [0.2, 0.25) is 0 Å². The minimum Gasteiger partial charge on any atom is -0.399 e. The zero-order valence-corrected chi connectivity index (χ0v) is 14.5. The van der Waals surface area contributed by atoms with Gasteiger partial charge in [-0.2, -0.15) is 0 Å². The molecule has 0 aliphatic heterocycles. The zero-order chi connectivity index (χ0) is 15.6. The van der Waals surface area contributed by atoms with E-state index in [0.717, 1.165) is 19.3 Å². The Morgan fingerprint density at radius 3 is 2.50 bits per heavy atom. The van der Waals surface area contributed by atoms with Crippen molar-refractivity contribution in [2.24, 2.45) is 0 Å². The van der Waals surface area contributed by atoms with Gasteiger partial charge in [-0.15, -0.1) is 12.4 Å². The molecule has 1 aliphatic carbocycles. The van der Waals surface area contributed by atoms with Gasteiger partial charge in [0.05, 0.1) is 5.25 Å². The van der Waals surface area contributed by atoms with Crippen LogP contribution in [0.4, 0.5) is 5.69 Å². The van der Waals surface area contributed by atoms with E-state index < -0.39 is 15.1 Å². The summed E-state index contributed by atoms with van der Waals surface area (Å²) in [5, 5.41) is -0.471. The van der Waals surface area contributed by atoms with Crippen molar-refractivity contribution in [1.29, 1.82) is 0 Å². The van der Waals surface area contributed by atoms with Crippen molar-refractivity contribution < 1.29 is 13.2 Å². The van der Waals surface area contributed by atoms with E-state index in [4.69, 9.17) is 5.73 Å². The maximum atomic E-state index is 12.5. The predicted molar refractivity (Wildman–Crippen MR) is 91.1 cm³/mol. The highest BCUT2D eigenvalue weighted by atomic mass is 35.5. The smallest absolute Gasteiger partial charge is 0.253 e. The largest absolute Gasteiger partial charge is 0.399 e. The van der Waals surface area contributed by atoms with E-state index in [1.165, 1.54) is 6.26 Å². The molecule has 0 bridgehead atoms. The Morgan fingerprint density at radius 2 is 1.91 bits per heavy atom. The number of amides is 1. The van der Waals surface area contributed by atoms with Crippen LogP contribution in [0, 0.1) is 0 Å².